The minimum atomic E-state index is -1.09. The van der Waals surface area contributed by atoms with Crippen LogP contribution in [0.2, 0.25) is 0 Å². The van der Waals surface area contributed by atoms with Gasteiger partial charge in [0.15, 0.2) is 0 Å². The van der Waals surface area contributed by atoms with Crippen molar-refractivity contribution in [3.8, 4) is 0 Å². The number of hydrogen-bond acceptors (Lipinski definition) is 8. The van der Waals surface area contributed by atoms with Crippen LogP contribution in [0.4, 0.5) is 0 Å². The molecule has 4 atom stereocenters. The van der Waals surface area contributed by atoms with Gasteiger partial charge in [0.05, 0.1) is 18.3 Å². The molecule has 0 aliphatic heterocycles. The molecule has 0 aromatic rings. The lowest BCUT2D eigenvalue weighted by Gasteiger charge is -2.14. The Balaban J connectivity index is 3.93. The predicted molar refractivity (Wildman–Crippen MR) is 172 cm³/mol. The first-order valence-electron chi connectivity index (χ1n) is 16.0. The third-order valence-corrected chi connectivity index (χ3v) is 6.54. The van der Waals surface area contributed by atoms with Crippen molar-refractivity contribution in [1.82, 2.24) is 0 Å². The highest BCUT2D eigenvalue weighted by atomic mass is 16.6. The number of esters is 2. The molecule has 0 aromatic carbocycles. The molecule has 0 fully saturated rings. The van der Waals surface area contributed by atoms with Gasteiger partial charge in [-0.15, -0.1) is 0 Å². The molecule has 8 heteroatoms. The van der Waals surface area contributed by atoms with E-state index in [1.54, 1.807) is 42.5 Å². The lowest BCUT2D eigenvalue weighted by atomic mass is 10.0. The molecule has 246 valence electrons. The van der Waals surface area contributed by atoms with Crippen molar-refractivity contribution in [2.75, 3.05) is 13.2 Å². The zero-order valence-electron chi connectivity index (χ0n) is 26.7. The SMILES string of the molecule is CC/C=C\C[C@@H](O)/C=C/C=C/C=C\C=C/[C@H](O)[C@@H](O)CCCC(=O)OC[C@H](O)COC(=O)CCCCCCCCC(C)C. The van der Waals surface area contributed by atoms with Crippen LogP contribution in [0.5, 0.6) is 0 Å². The van der Waals surface area contributed by atoms with Gasteiger partial charge in [0.2, 0.25) is 0 Å². The first-order chi connectivity index (χ1) is 20.6. The number of rotatable bonds is 26. The molecule has 0 bridgehead atoms. The van der Waals surface area contributed by atoms with Crippen LogP contribution in [0.25, 0.3) is 0 Å². The number of unbranched alkanes of at least 4 members (excludes halogenated alkanes) is 5. The van der Waals surface area contributed by atoms with E-state index in [1.807, 2.05) is 19.1 Å². The van der Waals surface area contributed by atoms with Crippen LogP contribution in [-0.2, 0) is 19.1 Å². The van der Waals surface area contributed by atoms with E-state index in [0.29, 0.717) is 19.3 Å². The Bertz CT molecular complexity index is 843. The number of allylic oxidation sites excluding steroid dienone is 7. The molecule has 0 heterocycles. The predicted octanol–water partition coefficient (Wildman–Crippen LogP) is 6.04. The van der Waals surface area contributed by atoms with Crippen LogP contribution in [-0.4, -0.2) is 70.0 Å². The number of carbonyl (C=O) groups is 2. The molecule has 0 unspecified atom stereocenters. The van der Waals surface area contributed by atoms with Gasteiger partial charge in [0.1, 0.15) is 19.3 Å². The monoisotopic (exact) mass is 606 g/mol. The van der Waals surface area contributed by atoms with Crippen LogP contribution in [0, 0.1) is 5.92 Å². The zero-order valence-corrected chi connectivity index (χ0v) is 26.7. The van der Waals surface area contributed by atoms with E-state index < -0.39 is 30.4 Å². The molecule has 0 aliphatic carbocycles. The van der Waals surface area contributed by atoms with E-state index in [0.717, 1.165) is 31.6 Å². The Labute approximate surface area is 259 Å². The molecule has 0 saturated carbocycles. The molecule has 0 radical (unpaired) electrons. The molecule has 0 aromatic heterocycles. The molecular formula is C35H58O8. The van der Waals surface area contributed by atoms with Crippen molar-refractivity contribution in [2.45, 2.75) is 129 Å². The average Bonchev–Trinajstić information content (AvgIpc) is 2.97. The van der Waals surface area contributed by atoms with Gasteiger partial charge in [-0.1, -0.05) is 120 Å². The van der Waals surface area contributed by atoms with E-state index in [2.05, 4.69) is 13.8 Å². The molecule has 0 saturated heterocycles. The van der Waals surface area contributed by atoms with Gasteiger partial charge in [-0.3, -0.25) is 9.59 Å². The van der Waals surface area contributed by atoms with E-state index in [-0.39, 0.29) is 32.0 Å². The molecule has 0 aliphatic rings. The van der Waals surface area contributed by atoms with E-state index in [4.69, 9.17) is 9.47 Å². The fourth-order valence-electron chi connectivity index (χ4n) is 3.96. The summed E-state index contributed by atoms with van der Waals surface area (Å²) in [6, 6.07) is 0. The van der Waals surface area contributed by atoms with Crippen molar-refractivity contribution in [3.05, 3.63) is 60.8 Å². The Kier molecular flexibility index (Phi) is 26.6. The van der Waals surface area contributed by atoms with Crippen LogP contribution < -0.4 is 0 Å². The fourth-order valence-corrected chi connectivity index (χ4v) is 3.96. The third kappa shape index (κ3) is 28.0. The maximum Gasteiger partial charge on any atom is 0.305 e. The topological polar surface area (TPSA) is 134 Å². The van der Waals surface area contributed by atoms with Gasteiger partial charge >= 0.3 is 11.9 Å². The molecule has 0 spiro atoms. The Hall–Kier alpha value is -2.52. The zero-order chi connectivity index (χ0) is 32.1. The highest BCUT2D eigenvalue weighted by molar-refractivity contribution is 5.69. The molecule has 0 amide bonds. The molecule has 8 nitrogen and oxygen atoms in total. The van der Waals surface area contributed by atoms with Gasteiger partial charge in [0.25, 0.3) is 0 Å². The second-order valence-electron chi connectivity index (χ2n) is 11.2. The highest BCUT2D eigenvalue weighted by Gasteiger charge is 2.15. The highest BCUT2D eigenvalue weighted by Crippen LogP contribution is 2.12. The van der Waals surface area contributed by atoms with Gasteiger partial charge < -0.3 is 29.9 Å². The average molecular weight is 607 g/mol. The summed E-state index contributed by atoms with van der Waals surface area (Å²) in [6.45, 7) is 6.01. The maximum atomic E-state index is 11.9. The summed E-state index contributed by atoms with van der Waals surface area (Å²) in [5.74, 6) is -0.152. The third-order valence-electron chi connectivity index (χ3n) is 6.54. The summed E-state index contributed by atoms with van der Waals surface area (Å²) in [7, 11) is 0. The summed E-state index contributed by atoms with van der Waals surface area (Å²) >= 11 is 0. The molecule has 43 heavy (non-hydrogen) atoms. The van der Waals surface area contributed by atoms with Crippen LogP contribution in [0.3, 0.4) is 0 Å². The number of aliphatic hydroxyl groups excluding tert-OH is 4. The Morgan fingerprint density at radius 3 is 1.79 bits per heavy atom. The molecule has 4 N–H and O–H groups in total. The van der Waals surface area contributed by atoms with E-state index in [1.165, 1.54) is 31.8 Å². The van der Waals surface area contributed by atoms with Crippen molar-refractivity contribution in [2.24, 2.45) is 5.92 Å². The summed E-state index contributed by atoms with van der Waals surface area (Å²) in [5.41, 5.74) is 0. The van der Waals surface area contributed by atoms with Crippen molar-refractivity contribution >= 4 is 11.9 Å². The normalized spacial score (nSPS) is 15.3. The first kappa shape index (κ1) is 40.5. The second-order valence-corrected chi connectivity index (χ2v) is 11.2. The summed E-state index contributed by atoms with van der Waals surface area (Å²) in [6.07, 6.45) is 24.0. The number of carbonyl (C=O) groups excluding carboxylic acids is 2. The lowest BCUT2D eigenvalue weighted by Crippen LogP contribution is -2.26. The Morgan fingerprint density at radius 2 is 1.19 bits per heavy atom. The first-order valence-corrected chi connectivity index (χ1v) is 16.0. The van der Waals surface area contributed by atoms with Gasteiger partial charge in [-0.2, -0.15) is 0 Å². The minimum Gasteiger partial charge on any atom is -0.463 e. The van der Waals surface area contributed by atoms with Crippen molar-refractivity contribution < 1.29 is 39.5 Å². The quantitative estimate of drug-likeness (QED) is 0.0405. The summed E-state index contributed by atoms with van der Waals surface area (Å²) in [4.78, 5) is 23.8. The smallest absolute Gasteiger partial charge is 0.305 e. The van der Waals surface area contributed by atoms with Crippen molar-refractivity contribution in [3.63, 3.8) is 0 Å². The number of aliphatic hydroxyl groups is 4. The molecule has 0 rings (SSSR count). The fraction of sp³-hybridized carbons (Fsp3) is 0.657. The van der Waals surface area contributed by atoms with Crippen molar-refractivity contribution in [1.29, 1.82) is 0 Å². The van der Waals surface area contributed by atoms with Crippen LogP contribution >= 0.6 is 0 Å². The summed E-state index contributed by atoms with van der Waals surface area (Å²) < 4.78 is 10.1. The number of ether oxygens (including phenoxy) is 2. The lowest BCUT2D eigenvalue weighted by molar-refractivity contribution is -0.152. The van der Waals surface area contributed by atoms with E-state index in [9.17, 15) is 30.0 Å². The molecular weight excluding hydrogens is 548 g/mol. The van der Waals surface area contributed by atoms with Gasteiger partial charge in [0, 0.05) is 12.8 Å². The largest absolute Gasteiger partial charge is 0.463 e. The number of hydrogen-bond donors (Lipinski definition) is 4. The second kappa shape index (κ2) is 28.3. The Morgan fingerprint density at radius 1 is 0.651 bits per heavy atom. The van der Waals surface area contributed by atoms with E-state index >= 15 is 0 Å². The van der Waals surface area contributed by atoms with Crippen LogP contribution in [0.15, 0.2) is 60.8 Å². The summed E-state index contributed by atoms with van der Waals surface area (Å²) in [5, 5.41) is 39.8. The van der Waals surface area contributed by atoms with Gasteiger partial charge in [-0.25, -0.2) is 0 Å². The maximum absolute atomic E-state index is 11.9. The standard InChI is InChI=1S/C35H58O8/c1-4-5-14-21-30(36)22-16-11-7-8-12-17-23-32(38)33(39)24-19-26-35(41)43-28-31(37)27-42-34(40)25-18-13-9-6-10-15-20-29(2)3/h5,7-8,11-12,14,16-17,22-23,29-33,36-39H,4,6,9-10,13,15,18-21,24-28H2,1-3H3/b11-7+,12-8-,14-5-,22-16+,23-17-/t30-,31-,32+,33+/m1/s1. The van der Waals surface area contributed by atoms with Crippen LogP contribution in [0.1, 0.15) is 104 Å². The van der Waals surface area contributed by atoms with Gasteiger partial charge in [-0.05, 0) is 38.0 Å². The minimum absolute atomic E-state index is 0.0271.